The number of hydrogen-bond donors (Lipinski definition) is 0. The zero-order chi connectivity index (χ0) is 74.9. The molecule has 2 fully saturated rings. The van der Waals surface area contributed by atoms with Crippen LogP contribution in [0.3, 0.4) is 0 Å². The fourth-order valence-corrected chi connectivity index (χ4v) is 14.9. The number of nitrogens with zero attached hydrogens (tertiary/aromatic N) is 6. The van der Waals surface area contributed by atoms with Crippen LogP contribution in [-0.4, -0.2) is 29.9 Å². The molecule has 112 heavy (non-hydrogen) atoms. The quantitative estimate of drug-likeness (QED) is 0.127. The number of rotatable bonds is 10. The van der Waals surface area contributed by atoms with Crippen molar-refractivity contribution in [1.29, 1.82) is 0 Å². The van der Waals surface area contributed by atoms with Crippen molar-refractivity contribution in [2.75, 3.05) is 0 Å². The summed E-state index contributed by atoms with van der Waals surface area (Å²) in [6, 6.07) is 125. The van der Waals surface area contributed by atoms with E-state index in [4.69, 9.17) is 0 Å². The monoisotopic (exact) mass is 1810 g/mol. The number of aryl methyl sites for hydroxylation is 1. The van der Waals surface area contributed by atoms with Crippen LogP contribution in [0.4, 0.5) is 0 Å². The summed E-state index contributed by atoms with van der Waals surface area (Å²) in [5.74, 6) is 1.49. The van der Waals surface area contributed by atoms with Crippen LogP contribution in [0.15, 0.2) is 347 Å². The first kappa shape index (κ1) is 80.2. The number of benzene rings is 10. The average Bonchev–Trinajstić information content (AvgIpc) is 1.58. The van der Waals surface area contributed by atoms with Gasteiger partial charge in [0, 0.05) is 42.6 Å². The van der Waals surface area contributed by atoms with Gasteiger partial charge >= 0.3 is 40.2 Å². The van der Waals surface area contributed by atoms with Crippen LogP contribution in [-0.2, 0) is 45.6 Å². The fourth-order valence-electron chi connectivity index (χ4n) is 14.9. The molecular weight excluding hydrogens is 1720 g/mol. The molecule has 3 aliphatic carbocycles. The van der Waals surface area contributed by atoms with E-state index in [1.165, 1.54) is 136 Å². The van der Waals surface area contributed by atoms with E-state index in [9.17, 15) is 0 Å². The van der Waals surface area contributed by atoms with E-state index in [2.05, 4.69) is 233 Å². The molecular formula is C104H88Ir2N6. The molecule has 0 saturated heterocycles. The van der Waals surface area contributed by atoms with E-state index in [-0.39, 0.29) is 45.6 Å². The van der Waals surface area contributed by atoms with Crippen molar-refractivity contribution in [2.45, 2.75) is 102 Å². The summed E-state index contributed by atoms with van der Waals surface area (Å²) < 4.78 is 0. The summed E-state index contributed by atoms with van der Waals surface area (Å²) in [5, 5.41) is 2.54. The Morgan fingerprint density at radius 1 is 0.268 bits per heavy atom. The first-order chi connectivity index (χ1) is 54.2. The number of pyridine rings is 6. The van der Waals surface area contributed by atoms with E-state index in [0.717, 1.165) is 79.4 Å². The third-order valence-electron chi connectivity index (χ3n) is 20.7. The van der Waals surface area contributed by atoms with Gasteiger partial charge in [-0.2, -0.15) is 0 Å². The molecule has 10 aromatic carbocycles. The van der Waals surface area contributed by atoms with Crippen molar-refractivity contribution >= 4 is 10.8 Å². The molecule has 0 aliphatic heterocycles. The molecule has 0 radical (unpaired) electrons. The molecule has 6 heterocycles. The minimum absolute atomic E-state index is 0. The second-order valence-corrected chi connectivity index (χ2v) is 28.6. The van der Waals surface area contributed by atoms with Crippen LogP contribution in [0.1, 0.15) is 118 Å². The van der Waals surface area contributed by atoms with Gasteiger partial charge in [-0.3, -0.25) is 0 Å². The molecule has 19 rings (SSSR count). The molecule has 0 unspecified atom stereocenters. The van der Waals surface area contributed by atoms with Crippen molar-refractivity contribution in [3.8, 4) is 101 Å². The molecule has 0 bridgehead atoms. The molecule has 0 N–H and O–H groups in total. The van der Waals surface area contributed by atoms with Crippen LogP contribution in [0, 0.1) is 43.3 Å². The third-order valence-corrected chi connectivity index (χ3v) is 20.7. The molecule has 6 nitrogen and oxygen atoms in total. The number of aromatic nitrogens is 6. The summed E-state index contributed by atoms with van der Waals surface area (Å²) in [7, 11) is 0. The summed E-state index contributed by atoms with van der Waals surface area (Å²) in [6.45, 7) is 6.76. The minimum Gasteiger partial charge on any atom is -0.305 e. The number of fused-ring (bicyclic) bond motifs is 4. The van der Waals surface area contributed by atoms with Gasteiger partial charge in [-0.05, 0) is 182 Å². The average molecular weight is 1810 g/mol. The van der Waals surface area contributed by atoms with Crippen molar-refractivity contribution < 1.29 is 40.2 Å². The summed E-state index contributed by atoms with van der Waals surface area (Å²) in [6.07, 6.45) is 24.7. The first-order valence-corrected chi connectivity index (χ1v) is 38.5. The van der Waals surface area contributed by atoms with Crippen molar-refractivity contribution in [2.24, 2.45) is 0 Å². The van der Waals surface area contributed by atoms with Crippen molar-refractivity contribution in [1.82, 2.24) is 29.9 Å². The number of hydrogen-bond acceptors (Lipinski definition) is 6. The Hall–Kier alpha value is -11.3. The molecule has 0 amide bonds. The Morgan fingerprint density at radius 2 is 0.625 bits per heavy atom. The third kappa shape index (κ3) is 21.2. The van der Waals surface area contributed by atoms with Gasteiger partial charge in [0.2, 0.25) is 0 Å². The van der Waals surface area contributed by atoms with Gasteiger partial charge < -0.3 is 29.9 Å². The van der Waals surface area contributed by atoms with Crippen LogP contribution in [0.25, 0.3) is 112 Å². The van der Waals surface area contributed by atoms with E-state index >= 15 is 0 Å². The molecule has 6 aromatic heterocycles. The molecule has 2 saturated carbocycles. The van der Waals surface area contributed by atoms with Gasteiger partial charge in [-0.25, -0.2) is 0 Å². The fraction of sp³-hybridized carbons (Fsp3) is 0.154. The predicted molar refractivity (Wildman–Crippen MR) is 453 cm³/mol. The molecule has 552 valence electrons. The van der Waals surface area contributed by atoms with E-state index in [0.29, 0.717) is 0 Å². The van der Waals surface area contributed by atoms with Crippen LogP contribution >= 0.6 is 0 Å². The topological polar surface area (TPSA) is 77.3 Å². The standard InChI is InChI=1S/C26H20N.C22H16N.2C17H18N.2C11H8N.2Ir/c1-26(2)23-11-7-6-10-21(23)22-13-12-19(16-24(22)26)20-14-15-27-25(17-20)18-8-4-3-5-9-18;1-16-7-8-19-14-20(10-9-18(19)13-16)21-11-12-23-22(15-21)17-5-3-2-4-6-17;2*1-2-7-14(8-3-1)15-9-6-10-16(13-15)17-11-4-5-12-18-17;2*1-2-6-10(7-3-1)11-8-4-5-9-12-11;;/h3-8,10-17H,1-2H3;2-5,7-15H,1H3;2*4-6,9,11-14H,1-3,7-8H2;2*1-6,8-9H;;/q6*-1;2*+3. The van der Waals surface area contributed by atoms with E-state index < -0.39 is 0 Å². The Bertz CT molecular complexity index is 5280. The van der Waals surface area contributed by atoms with Gasteiger partial charge in [0.15, 0.2) is 0 Å². The van der Waals surface area contributed by atoms with Gasteiger partial charge in [0.05, 0.1) is 0 Å². The Labute approximate surface area is 689 Å². The Balaban J connectivity index is 0.000000127. The van der Waals surface area contributed by atoms with Crippen LogP contribution in [0.2, 0.25) is 0 Å². The van der Waals surface area contributed by atoms with Gasteiger partial charge in [-0.15, -0.1) is 214 Å². The zero-order valence-electron chi connectivity index (χ0n) is 63.5. The maximum Gasteiger partial charge on any atom is 3.00 e. The second kappa shape index (κ2) is 40.6. The van der Waals surface area contributed by atoms with E-state index in [1.54, 1.807) is 12.4 Å². The minimum atomic E-state index is 0. The largest absolute Gasteiger partial charge is 3.00 e. The molecule has 3 aliphatic rings. The Kier molecular flexibility index (Phi) is 29.0. The molecule has 8 heteroatoms. The SMILES string of the molecule is CC1(C)c2ccccc2-c2ccc(-c3ccnc(-c4[c-]cccc4)c3)cc21.Cc1ccc2cc(-c3ccnc(-c4[c-]cccc4)c3)ccc2c1.[Ir+3].[Ir+3].[c-]1ccc(C2CCCCC2)cc1-c1ccccn1.[c-]1ccc(C2CCCCC2)cc1-c1ccccn1.[c-]1ccccc1-c1ccccn1.[c-]1ccccc1-c1ccccn1. The van der Waals surface area contributed by atoms with Crippen LogP contribution in [0.5, 0.6) is 0 Å². The smallest absolute Gasteiger partial charge is 0.305 e. The summed E-state index contributed by atoms with van der Waals surface area (Å²) in [4.78, 5) is 26.3. The predicted octanol–water partition coefficient (Wildman–Crippen LogP) is 26.5. The maximum atomic E-state index is 4.54. The summed E-state index contributed by atoms with van der Waals surface area (Å²) in [5.41, 5.74) is 26.8. The normalized spacial score (nSPS) is 13.0. The van der Waals surface area contributed by atoms with Gasteiger partial charge in [-0.1, -0.05) is 185 Å². The van der Waals surface area contributed by atoms with Gasteiger partial charge in [0.25, 0.3) is 0 Å². The molecule has 0 spiro atoms. The second-order valence-electron chi connectivity index (χ2n) is 28.6. The Morgan fingerprint density at radius 3 is 1.06 bits per heavy atom. The van der Waals surface area contributed by atoms with Crippen molar-refractivity contribution in [3.05, 3.63) is 411 Å². The summed E-state index contributed by atoms with van der Waals surface area (Å²) >= 11 is 0. The molecule has 16 aromatic rings. The first-order valence-electron chi connectivity index (χ1n) is 38.5. The zero-order valence-corrected chi connectivity index (χ0v) is 68.3. The van der Waals surface area contributed by atoms with E-state index in [1.807, 2.05) is 189 Å². The van der Waals surface area contributed by atoms with Crippen molar-refractivity contribution in [3.63, 3.8) is 0 Å². The van der Waals surface area contributed by atoms with Gasteiger partial charge in [0.1, 0.15) is 0 Å². The maximum absolute atomic E-state index is 4.54. The van der Waals surface area contributed by atoms with Crippen LogP contribution < -0.4 is 0 Å². The molecule has 0 atom stereocenters.